The number of methoxy groups -OCH3 is 1. The van der Waals surface area contributed by atoms with Crippen molar-refractivity contribution in [2.75, 3.05) is 13.7 Å². The normalized spacial score (nSPS) is 12.4. The number of fused-ring (bicyclic) bond motifs is 1. The third kappa shape index (κ3) is 4.15. The van der Waals surface area contributed by atoms with Gasteiger partial charge in [0.2, 0.25) is 0 Å². The summed E-state index contributed by atoms with van der Waals surface area (Å²) in [7, 11) is 1.68. The Morgan fingerprint density at radius 1 is 1.17 bits per heavy atom. The summed E-state index contributed by atoms with van der Waals surface area (Å²) in [5.41, 5.74) is 2.72. The fraction of sp³-hybridized carbons (Fsp3) is 0.273. The summed E-state index contributed by atoms with van der Waals surface area (Å²) in [6, 6.07) is 15.5. The van der Waals surface area contributed by atoms with Crippen molar-refractivity contribution in [1.29, 1.82) is 0 Å². The Balaban J connectivity index is 1.68. The predicted molar refractivity (Wildman–Crippen MR) is 119 cm³/mol. The summed E-state index contributed by atoms with van der Waals surface area (Å²) in [4.78, 5) is 20.0. The van der Waals surface area contributed by atoms with Crippen molar-refractivity contribution in [1.82, 2.24) is 24.7 Å². The lowest BCUT2D eigenvalue weighted by atomic mass is 10.1. The number of rotatable bonds is 7. The van der Waals surface area contributed by atoms with Gasteiger partial charge in [0.1, 0.15) is 5.82 Å². The average molecular weight is 422 g/mol. The van der Waals surface area contributed by atoms with Gasteiger partial charge in [-0.1, -0.05) is 47.7 Å². The van der Waals surface area contributed by atoms with Crippen LogP contribution in [-0.4, -0.2) is 38.4 Å². The number of H-pyrrole nitrogens is 1. The second-order valence-electron chi connectivity index (χ2n) is 7.05. The second-order valence-corrected chi connectivity index (χ2v) is 8.36. The molecule has 0 unspecified atom stereocenters. The van der Waals surface area contributed by atoms with E-state index in [4.69, 9.17) is 4.74 Å². The van der Waals surface area contributed by atoms with E-state index in [9.17, 15) is 4.79 Å². The van der Waals surface area contributed by atoms with Crippen LogP contribution in [0.2, 0.25) is 0 Å². The summed E-state index contributed by atoms with van der Waals surface area (Å²) < 4.78 is 7.35. The Morgan fingerprint density at radius 2 is 2.00 bits per heavy atom. The van der Waals surface area contributed by atoms with Crippen LogP contribution in [-0.2, 0) is 11.3 Å². The fourth-order valence-electron chi connectivity index (χ4n) is 3.27. The summed E-state index contributed by atoms with van der Waals surface area (Å²) in [6.45, 7) is 5.23. The van der Waals surface area contributed by atoms with Crippen molar-refractivity contribution in [3.63, 3.8) is 0 Å². The van der Waals surface area contributed by atoms with E-state index in [0.29, 0.717) is 29.9 Å². The van der Waals surface area contributed by atoms with E-state index in [-0.39, 0.29) is 10.8 Å². The summed E-state index contributed by atoms with van der Waals surface area (Å²) >= 11 is 1.51. The van der Waals surface area contributed by atoms with Crippen LogP contribution >= 0.6 is 11.8 Å². The molecule has 2 heterocycles. The zero-order valence-corrected chi connectivity index (χ0v) is 17.9. The summed E-state index contributed by atoms with van der Waals surface area (Å²) in [5, 5.41) is 10.1. The quantitative estimate of drug-likeness (QED) is 0.454. The number of nitrogens with one attached hydrogen (secondary N) is 1. The lowest BCUT2D eigenvalue weighted by Gasteiger charge is -2.13. The van der Waals surface area contributed by atoms with Crippen LogP contribution in [0, 0.1) is 6.92 Å². The molecule has 0 aliphatic carbocycles. The molecular weight excluding hydrogens is 398 g/mol. The molecule has 0 spiro atoms. The summed E-state index contributed by atoms with van der Waals surface area (Å²) in [5.74, 6) is 1.41. The Labute approximate surface area is 178 Å². The number of benzene rings is 2. The zero-order valence-electron chi connectivity index (χ0n) is 17.1. The number of aromatic amines is 1. The molecule has 30 heavy (non-hydrogen) atoms. The fourth-order valence-corrected chi connectivity index (χ4v) is 4.20. The number of hydrogen-bond acceptors (Lipinski definition) is 6. The monoisotopic (exact) mass is 421 g/mol. The van der Waals surface area contributed by atoms with Crippen LogP contribution in [0.15, 0.2) is 58.5 Å². The molecule has 1 N–H and O–H groups in total. The van der Waals surface area contributed by atoms with Gasteiger partial charge in [-0.15, -0.1) is 10.2 Å². The topological polar surface area (TPSA) is 85.7 Å². The minimum absolute atomic E-state index is 0.113. The minimum Gasteiger partial charge on any atom is -0.383 e. The van der Waals surface area contributed by atoms with Gasteiger partial charge in [0.15, 0.2) is 11.0 Å². The van der Waals surface area contributed by atoms with Crippen LogP contribution in [0.5, 0.6) is 0 Å². The van der Waals surface area contributed by atoms with E-state index in [1.165, 1.54) is 11.8 Å². The van der Waals surface area contributed by atoms with Gasteiger partial charge in [-0.3, -0.25) is 9.36 Å². The van der Waals surface area contributed by atoms with Gasteiger partial charge in [-0.2, -0.15) is 0 Å². The molecular formula is C22H23N5O2S. The van der Waals surface area contributed by atoms with Gasteiger partial charge < -0.3 is 9.72 Å². The van der Waals surface area contributed by atoms with E-state index in [2.05, 4.69) is 43.8 Å². The zero-order chi connectivity index (χ0) is 21.1. The number of thioether (sulfide) groups is 1. The van der Waals surface area contributed by atoms with Crippen LogP contribution < -0.4 is 5.56 Å². The molecule has 0 saturated carbocycles. The van der Waals surface area contributed by atoms with Gasteiger partial charge in [0, 0.05) is 12.7 Å². The standard InChI is InChI=1S/C22H23N5O2S/c1-14-7-6-8-16(13-14)20-25-26-22(27(20)11-12-29-3)30-15(2)19-23-18-10-5-4-9-17(18)21(28)24-19/h4-10,13,15H,11-12H2,1-3H3,(H,23,24,28)/t15-/m0/s1. The van der Waals surface area contributed by atoms with Crippen LogP contribution in [0.1, 0.15) is 23.6 Å². The molecule has 1 atom stereocenters. The Morgan fingerprint density at radius 3 is 2.80 bits per heavy atom. The molecule has 0 radical (unpaired) electrons. The van der Waals surface area contributed by atoms with Crippen molar-refractivity contribution < 1.29 is 4.74 Å². The number of para-hydroxylation sites is 1. The lowest BCUT2D eigenvalue weighted by Crippen LogP contribution is -2.13. The maximum atomic E-state index is 12.4. The number of nitrogens with zero attached hydrogens (tertiary/aromatic N) is 4. The van der Waals surface area contributed by atoms with Crippen molar-refractivity contribution in [3.8, 4) is 11.4 Å². The van der Waals surface area contributed by atoms with Crippen molar-refractivity contribution in [2.45, 2.75) is 30.8 Å². The first-order valence-corrected chi connectivity index (χ1v) is 10.6. The molecule has 0 aliphatic rings. The third-order valence-electron chi connectivity index (χ3n) is 4.81. The molecule has 2 aromatic heterocycles. The van der Waals surface area contributed by atoms with Crippen molar-refractivity contribution >= 4 is 22.7 Å². The molecule has 8 heteroatoms. The molecule has 154 valence electrons. The molecule has 0 fully saturated rings. The summed E-state index contributed by atoms with van der Waals surface area (Å²) in [6.07, 6.45) is 0. The first-order valence-electron chi connectivity index (χ1n) is 9.71. The predicted octanol–water partition coefficient (Wildman–Crippen LogP) is 3.99. The van der Waals surface area contributed by atoms with Gasteiger partial charge in [0.25, 0.3) is 5.56 Å². The Hall–Kier alpha value is -2.97. The number of aryl methyl sites for hydroxylation is 1. The minimum atomic E-state index is -0.135. The number of hydrogen-bond donors (Lipinski definition) is 1. The van der Waals surface area contributed by atoms with Gasteiger partial charge >= 0.3 is 0 Å². The third-order valence-corrected chi connectivity index (χ3v) is 5.90. The van der Waals surface area contributed by atoms with E-state index in [1.54, 1.807) is 13.2 Å². The van der Waals surface area contributed by atoms with Crippen molar-refractivity contribution in [2.24, 2.45) is 0 Å². The molecule has 0 saturated heterocycles. The van der Waals surface area contributed by atoms with Crippen LogP contribution in [0.4, 0.5) is 0 Å². The largest absolute Gasteiger partial charge is 0.383 e. The smallest absolute Gasteiger partial charge is 0.258 e. The first-order chi connectivity index (χ1) is 14.6. The maximum absolute atomic E-state index is 12.4. The lowest BCUT2D eigenvalue weighted by molar-refractivity contribution is 0.185. The molecule has 4 aromatic rings. The molecule has 0 amide bonds. The van der Waals surface area contributed by atoms with Crippen LogP contribution in [0.3, 0.4) is 0 Å². The molecule has 4 rings (SSSR count). The van der Waals surface area contributed by atoms with E-state index in [1.807, 2.05) is 37.3 Å². The van der Waals surface area contributed by atoms with Gasteiger partial charge in [-0.05, 0) is 32.0 Å². The maximum Gasteiger partial charge on any atom is 0.258 e. The first kappa shape index (κ1) is 20.3. The highest BCUT2D eigenvalue weighted by atomic mass is 32.2. The molecule has 0 aliphatic heterocycles. The SMILES string of the molecule is COCCn1c(S[C@@H](C)c2nc3ccccc3c(=O)[nH]2)nnc1-c1cccc(C)c1. The Kier molecular flexibility index (Phi) is 5.96. The van der Waals surface area contributed by atoms with Gasteiger partial charge in [0.05, 0.1) is 29.3 Å². The average Bonchev–Trinajstić information content (AvgIpc) is 3.14. The van der Waals surface area contributed by atoms with Crippen molar-refractivity contribution in [3.05, 3.63) is 70.3 Å². The highest BCUT2D eigenvalue weighted by Crippen LogP contribution is 2.34. The highest BCUT2D eigenvalue weighted by molar-refractivity contribution is 7.99. The van der Waals surface area contributed by atoms with Crippen LogP contribution in [0.25, 0.3) is 22.3 Å². The molecule has 2 aromatic carbocycles. The number of aromatic nitrogens is 5. The molecule has 7 nitrogen and oxygen atoms in total. The molecule has 0 bridgehead atoms. The van der Waals surface area contributed by atoms with Gasteiger partial charge in [-0.25, -0.2) is 4.98 Å². The Bertz CT molecular complexity index is 1230. The van der Waals surface area contributed by atoms with E-state index >= 15 is 0 Å². The second kappa shape index (κ2) is 8.81. The van der Waals surface area contributed by atoms with E-state index < -0.39 is 0 Å². The van der Waals surface area contributed by atoms with E-state index in [0.717, 1.165) is 22.1 Å². The number of ether oxygens (including phenoxy) is 1. The highest BCUT2D eigenvalue weighted by Gasteiger charge is 2.19.